The van der Waals surface area contributed by atoms with Crippen LogP contribution in [0.4, 0.5) is 11.4 Å². The smallest absolute Gasteiger partial charge is 0.133 e. The molecule has 0 saturated carbocycles. The molecule has 1 aromatic carbocycles. The van der Waals surface area contributed by atoms with Crippen LogP contribution in [0.15, 0.2) is 24.3 Å². The van der Waals surface area contributed by atoms with Gasteiger partial charge in [0.05, 0.1) is 7.05 Å². The van der Waals surface area contributed by atoms with Gasteiger partial charge in [-0.15, -0.1) is 0 Å². The summed E-state index contributed by atoms with van der Waals surface area (Å²) in [7, 11) is 1.52. The third-order valence-electron chi connectivity index (χ3n) is 1.29. The minimum Gasteiger partial charge on any atom is -0.629 e. The lowest BCUT2D eigenvalue weighted by Gasteiger charge is -2.15. The van der Waals surface area contributed by atoms with Crippen LogP contribution in [-0.4, -0.2) is 7.05 Å². The van der Waals surface area contributed by atoms with Crippen molar-refractivity contribution >= 4 is 11.4 Å². The second kappa shape index (κ2) is 2.68. The normalized spacial score (nSPS) is 13.0. The predicted octanol–water partition coefficient (Wildman–Crippen LogP) is -0.0872. The number of hydrogen-bond acceptors (Lipinski definition) is 2. The number of anilines is 1. The number of rotatable bonds is 1. The second-order valence-corrected chi connectivity index (χ2v) is 2.18. The van der Waals surface area contributed by atoms with Gasteiger partial charge in [-0.05, 0) is 12.1 Å². The Bertz CT molecular complexity index is 223. The highest BCUT2D eigenvalue weighted by Gasteiger charge is 1.94. The zero-order valence-corrected chi connectivity index (χ0v) is 5.79. The van der Waals surface area contributed by atoms with Crippen molar-refractivity contribution in [3.8, 4) is 0 Å². The Hall–Kier alpha value is -1.06. The molecule has 1 atom stereocenters. The summed E-state index contributed by atoms with van der Waals surface area (Å²) in [6.45, 7) is 0. The second-order valence-electron chi connectivity index (χ2n) is 2.18. The minimum absolute atomic E-state index is 0.0484. The first-order chi connectivity index (χ1) is 4.70. The van der Waals surface area contributed by atoms with E-state index in [0.717, 1.165) is 0 Å². The number of nitrogens with one attached hydrogen (secondary N) is 1. The Morgan fingerprint density at radius 3 is 2.60 bits per heavy atom. The van der Waals surface area contributed by atoms with Gasteiger partial charge < -0.3 is 16.0 Å². The van der Waals surface area contributed by atoms with E-state index < -0.39 is 0 Å². The van der Waals surface area contributed by atoms with Crippen LogP contribution in [0.3, 0.4) is 0 Å². The van der Waals surface area contributed by atoms with Crippen LogP contribution in [0.1, 0.15) is 0 Å². The van der Waals surface area contributed by atoms with E-state index in [1.165, 1.54) is 7.05 Å². The third kappa shape index (κ3) is 1.46. The van der Waals surface area contributed by atoms with Gasteiger partial charge in [0.2, 0.25) is 0 Å². The molecule has 0 aromatic heterocycles. The van der Waals surface area contributed by atoms with Gasteiger partial charge in [0.25, 0.3) is 0 Å². The fourth-order valence-corrected chi connectivity index (χ4v) is 0.758. The molecule has 0 amide bonds. The highest BCUT2D eigenvalue weighted by Crippen LogP contribution is 2.06. The first-order valence-electron chi connectivity index (χ1n) is 3.06. The molecule has 1 unspecified atom stereocenters. The zero-order valence-electron chi connectivity index (χ0n) is 5.79. The molecule has 0 aliphatic rings. The van der Waals surface area contributed by atoms with Crippen molar-refractivity contribution in [2.45, 2.75) is 0 Å². The largest absolute Gasteiger partial charge is 0.629 e. The van der Waals surface area contributed by atoms with Crippen molar-refractivity contribution in [1.82, 2.24) is 0 Å². The van der Waals surface area contributed by atoms with Gasteiger partial charge in [0.1, 0.15) is 5.69 Å². The maximum absolute atomic E-state index is 10.7. The van der Waals surface area contributed by atoms with Crippen LogP contribution in [0.2, 0.25) is 0 Å². The molecule has 0 fully saturated rings. The zero-order chi connectivity index (χ0) is 7.56. The summed E-state index contributed by atoms with van der Waals surface area (Å²) in [5, 5.41) is 10.8. The molecule has 0 spiro atoms. The number of hydrogen-bond donors (Lipinski definition) is 2. The average molecular weight is 138 g/mol. The highest BCUT2D eigenvalue weighted by molar-refractivity contribution is 5.46. The van der Waals surface area contributed by atoms with Gasteiger partial charge in [-0.2, -0.15) is 0 Å². The molecule has 3 heteroatoms. The molecule has 0 aliphatic heterocycles. The van der Waals surface area contributed by atoms with Crippen LogP contribution >= 0.6 is 0 Å². The molecular weight excluding hydrogens is 128 g/mol. The topological polar surface area (TPSA) is 53.5 Å². The molecule has 0 radical (unpaired) electrons. The molecule has 0 bridgehead atoms. The standard InChI is InChI=1S/C7H10N2O/c1-9(10)7-4-2-3-6(8)5-7/h2-5,9H,8H2,1H3. The Morgan fingerprint density at radius 2 is 2.20 bits per heavy atom. The monoisotopic (exact) mass is 138 g/mol. The molecule has 1 aromatic rings. The first kappa shape index (κ1) is 7.05. The van der Waals surface area contributed by atoms with Crippen LogP contribution < -0.4 is 10.8 Å². The number of hydroxylamine groups is 1. The number of quaternary nitrogens is 1. The van der Waals surface area contributed by atoms with E-state index in [-0.39, 0.29) is 5.06 Å². The summed E-state index contributed by atoms with van der Waals surface area (Å²) in [5.41, 5.74) is 6.74. The van der Waals surface area contributed by atoms with Gasteiger partial charge in [-0.1, -0.05) is 6.07 Å². The molecule has 0 aliphatic carbocycles. The molecule has 3 nitrogen and oxygen atoms in total. The number of benzene rings is 1. The summed E-state index contributed by atoms with van der Waals surface area (Å²) in [6.07, 6.45) is 0. The van der Waals surface area contributed by atoms with E-state index in [9.17, 15) is 5.21 Å². The summed E-state index contributed by atoms with van der Waals surface area (Å²) < 4.78 is 0. The highest BCUT2D eigenvalue weighted by atomic mass is 16.5. The van der Waals surface area contributed by atoms with Crippen molar-refractivity contribution in [2.75, 3.05) is 12.8 Å². The van der Waals surface area contributed by atoms with Gasteiger partial charge in [0, 0.05) is 11.8 Å². The summed E-state index contributed by atoms with van der Waals surface area (Å²) in [6, 6.07) is 6.94. The Balaban J connectivity index is 2.96. The molecule has 3 N–H and O–H groups in total. The van der Waals surface area contributed by atoms with Gasteiger partial charge in [-0.25, -0.2) is 0 Å². The van der Waals surface area contributed by atoms with Crippen LogP contribution in [0.5, 0.6) is 0 Å². The molecular formula is C7H10N2O. The maximum Gasteiger partial charge on any atom is 0.133 e. The van der Waals surface area contributed by atoms with Crippen molar-refractivity contribution in [3.05, 3.63) is 29.5 Å². The van der Waals surface area contributed by atoms with Crippen LogP contribution in [-0.2, 0) is 0 Å². The van der Waals surface area contributed by atoms with E-state index in [0.29, 0.717) is 11.4 Å². The lowest BCUT2D eigenvalue weighted by molar-refractivity contribution is -0.751. The molecule has 10 heavy (non-hydrogen) atoms. The van der Waals surface area contributed by atoms with Crippen molar-refractivity contribution in [2.24, 2.45) is 0 Å². The van der Waals surface area contributed by atoms with Crippen molar-refractivity contribution in [1.29, 1.82) is 0 Å². The van der Waals surface area contributed by atoms with E-state index in [1.807, 2.05) is 0 Å². The molecule has 0 heterocycles. The fourth-order valence-electron chi connectivity index (χ4n) is 0.758. The summed E-state index contributed by atoms with van der Waals surface area (Å²) >= 11 is 0. The Labute approximate surface area is 59.6 Å². The third-order valence-corrected chi connectivity index (χ3v) is 1.29. The molecule has 1 rings (SSSR count). The summed E-state index contributed by atoms with van der Waals surface area (Å²) in [5.74, 6) is 0. The SMILES string of the molecule is C[NH+]([O-])c1cccc(N)c1. The maximum atomic E-state index is 10.7. The van der Waals surface area contributed by atoms with Crippen LogP contribution in [0.25, 0.3) is 0 Å². The fraction of sp³-hybridized carbons (Fsp3) is 0.143. The van der Waals surface area contributed by atoms with E-state index in [1.54, 1.807) is 24.3 Å². The lowest BCUT2D eigenvalue weighted by atomic mass is 10.3. The van der Waals surface area contributed by atoms with E-state index in [2.05, 4.69) is 0 Å². The summed E-state index contributed by atoms with van der Waals surface area (Å²) in [4.78, 5) is 0. The molecule has 54 valence electrons. The van der Waals surface area contributed by atoms with Gasteiger partial charge in [-0.3, -0.25) is 0 Å². The number of nitrogens with two attached hydrogens (primary N) is 1. The quantitative estimate of drug-likeness (QED) is 0.421. The first-order valence-corrected chi connectivity index (χ1v) is 3.06. The average Bonchev–Trinajstić information content (AvgIpc) is 1.88. The van der Waals surface area contributed by atoms with Crippen molar-refractivity contribution in [3.63, 3.8) is 0 Å². The van der Waals surface area contributed by atoms with E-state index in [4.69, 9.17) is 5.73 Å². The Morgan fingerprint density at radius 1 is 1.50 bits per heavy atom. The van der Waals surface area contributed by atoms with Crippen molar-refractivity contribution < 1.29 is 5.06 Å². The number of nitrogen functional groups attached to an aromatic ring is 1. The van der Waals surface area contributed by atoms with Crippen LogP contribution in [0, 0.1) is 5.21 Å². The van der Waals surface area contributed by atoms with Gasteiger partial charge in [0.15, 0.2) is 0 Å². The molecule has 0 saturated heterocycles. The lowest BCUT2D eigenvalue weighted by Crippen LogP contribution is -2.98. The predicted molar refractivity (Wildman–Crippen MR) is 40.8 cm³/mol. The minimum atomic E-state index is 0.0484. The Kier molecular flexibility index (Phi) is 1.89. The van der Waals surface area contributed by atoms with E-state index >= 15 is 0 Å². The van der Waals surface area contributed by atoms with Gasteiger partial charge >= 0.3 is 0 Å².